The smallest absolute Gasteiger partial charge is 0.258 e. The van der Waals surface area contributed by atoms with Gasteiger partial charge in [-0.25, -0.2) is 0 Å². The molecule has 0 fully saturated rings. The molecule has 4 nitrogen and oxygen atoms in total. The Morgan fingerprint density at radius 1 is 1.38 bits per heavy atom. The minimum absolute atomic E-state index is 0.114. The quantitative estimate of drug-likeness (QED) is 0.864. The molecule has 1 aromatic heterocycles. The van der Waals surface area contributed by atoms with Crippen molar-refractivity contribution in [2.45, 2.75) is 0 Å². The zero-order valence-corrected chi connectivity index (χ0v) is 12.3. The van der Waals surface area contributed by atoms with Crippen LogP contribution in [0, 0.1) is 23.2 Å². The van der Waals surface area contributed by atoms with Crippen LogP contribution in [0.3, 0.4) is 0 Å². The summed E-state index contributed by atoms with van der Waals surface area (Å²) in [5.41, 5.74) is 7.21. The summed E-state index contributed by atoms with van der Waals surface area (Å²) in [4.78, 5) is 14.7. The Bertz CT molecular complexity index is 744. The molecule has 2 N–H and O–H groups in total. The van der Waals surface area contributed by atoms with Crippen LogP contribution < -0.4 is 10.6 Å². The van der Waals surface area contributed by atoms with Crippen molar-refractivity contribution in [1.82, 2.24) is 0 Å². The first-order chi connectivity index (χ1) is 10.2. The molecule has 0 bridgehead atoms. The van der Waals surface area contributed by atoms with Crippen LogP contribution in [0.4, 0.5) is 5.69 Å². The number of nitrogens with zero attached hydrogens (tertiary/aromatic N) is 2. The minimum Gasteiger partial charge on any atom is -0.320 e. The summed E-state index contributed by atoms with van der Waals surface area (Å²) < 4.78 is 0. The van der Waals surface area contributed by atoms with Gasteiger partial charge in [-0.1, -0.05) is 11.8 Å². The summed E-state index contributed by atoms with van der Waals surface area (Å²) in [5, 5.41) is 10.6. The molecule has 0 aliphatic carbocycles. The fourth-order valence-electron chi connectivity index (χ4n) is 1.72. The van der Waals surface area contributed by atoms with Crippen molar-refractivity contribution >= 4 is 22.9 Å². The fourth-order valence-corrected chi connectivity index (χ4v) is 2.47. The molecule has 0 aliphatic heterocycles. The highest BCUT2D eigenvalue weighted by Crippen LogP contribution is 2.19. The van der Waals surface area contributed by atoms with Gasteiger partial charge in [-0.2, -0.15) is 5.26 Å². The van der Waals surface area contributed by atoms with Crippen LogP contribution in [0.15, 0.2) is 35.7 Å². The summed E-state index contributed by atoms with van der Waals surface area (Å²) in [6, 6.07) is 10.7. The number of rotatable bonds is 2. The van der Waals surface area contributed by atoms with E-state index in [9.17, 15) is 4.79 Å². The second-order valence-electron chi connectivity index (χ2n) is 4.23. The van der Waals surface area contributed by atoms with Crippen molar-refractivity contribution in [3.05, 3.63) is 51.7 Å². The van der Waals surface area contributed by atoms with Gasteiger partial charge in [0.1, 0.15) is 0 Å². The van der Waals surface area contributed by atoms with Crippen molar-refractivity contribution in [2.24, 2.45) is 5.73 Å². The molecule has 2 rings (SSSR count). The maximum Gasteiger partial charge on any atom is 0.258 e. The number of hydrogen-bond donors (Lipinski definition) is 1. The van der Waals surface area contributed by atoms with E-state index in [0.717, 1.165) is 10.6 Å². The van der Waals surface area contributed by atoms with E-state index in [1.165, 1.54) is 11.3 Å². The van der Waals surface area contributed by atoms with Gasteiger partial charge in [0.25, 0.3) is 5.91 Å². The molecule has 2 aromatic rings. The average Bonchev–Trinajstić information content (AvgIpc) is 3.00. The van der Waals surface area contributed by atoms with Gasteiger partial charge >= 0.3 is 0 Å². The van der Waals surface area contributed by atoms with E-state index in [2.05, 4.69) is 11.8 Å². The number of carbonyl (C=O) groups excluding carboxylic acids is 1. The number of thiophene rings is 1. The molecular formula is C16H13N3OS. The molecule has 1 amide bonds. The predicted octanol–water partition coefficient (Wildman–Crippen LogP) is 2.21. The van der Waals surface area contributed by atoms with E-state index in [1.807, 2.05) is 6.07 Å². The molecule has 5 heteroatoms. The Kier molecular flexibility index (Phi) is 4.73. The number of anilines is 1. The van der Waals surface area contributed by atoms with Gasteiger partial charge < -0.3 is 10.6 Å². The van der Waals surface area contributed by atoms with Gasteiger partial charge in [-0.15, -0.1) is 11.3 Å². The number of hydrogen-bond acceptors (Lipinski definition) is 4. The third-order valence-corrected chi connectivity index (χ3v) is 3.69. The minimum atomic E-state index is -0.114. The largest absolute Gasteiger partial charge is 0.320 e. The molecule has 0 atom stereocenters. The molecule has 0 saturated heterocycles. The zero-order valence-electron chi connectivity index (χ0n) is 11.5. The lowest BCUT2D eigenvalue weighted by Crippen LogP contribution is -2.25. The van der Waals surface area contributed by atoms with Crippen LogP contribution in [0.5, 0.6) is 0 Å². The van der Waals surface area contributed by atoms with Gasteiger partial charge in [0.2, 0.25) is 0 Å². The lowest BCUT2D eigenvalue weighted by atomic mass is 10.2. The van der Waals surface area contributed by atoms with Gasteiger partial charge in [0.15, 0.2) is 0 Å². The molecule has 1 heterocycles. The van der Waals surface area contributed by atoms with Crippen molar-refractivity contribution < 1.29 is 4.79 Å². The molecule has 0 spiro atoms. The summed E-state index contributed by atoms with van der Waals surface area (Å²) >= 11 is 1.42. The van der Waals surface area contributed by atoms with Crippen LogP contribution in [0.2, 0.25) is 0 Å². The Balaban J connectivity index is 2.18. The highest BCUT2D eigenvalue weighted by molar-refractivity contribution is 7.10. The average molecular weight is 295 g/mol. The highest BCUT2D eigenvalue weighted by atomic mass is 32.1. The summed E-state index contributed by atoms with van der Waals surface area (Å²) in [7, 11) is 1.70. The van der Waals surface area contributed by atoms with Gasteiger partial charge in [0, 0.05) is 18.1 Å². The van der Waals surface area contributed by atoms with Crippen molar-refractivity contribution in [3.8, 4) is 17.9 Å². The zero-order chi connectivity index (χ0) is 15.2. The standard InChI is InChI=1S/C16H13N3OS/c1-19(14-6-4-12(10-18)5-7-14)16(20)13-9-15(21-11-13)3-2-8-17/h4-7,9,11H,8,17H2,1H3. The molecule has 0 unspecified atom stereocenters. The fraction of sp³-hybridized carbons (Fsp3) is 0.125. The Hall–Kier alpha value is -2.60. The second-order valence-corrected chi connectivity index (χ2v) is 5.14. The third-order valence-electron chi connectivity index (χ3n) is 2.85. The summed E-state index contributed by atoms with van der Waals surface area (Å²) in [6.07, 6.45) is 0. The van der Waals surface area contributed by atoms with Crippen LogP contribution >= 0.6 is 11.3 Å². The summed E-state index contributed by atoms with van der Waals surface area (Å²) in [5.74, 6) is 5.56. The van der Waals surface area contributed by atoms with Crippen LogP contribution in [-0.4, -0.2) is 19.5 Å². The topological polar surface area (TPSA) is 70.1 Å². The lowest BCUT2D eigenvalue weighted by molar-refractivity contribution is 0.0993. The Morgan fingerprint density at radius 3 is 2.71 bits per heavy atom. The van der Waals surface area contributed by atoms with Crippen molar-refractivity contribution in [2.75, 3.05) is 18.5 Å². The molecule has 21 heavy (non-hydrogen) atoms. The maximum atomic E-state index is 12.4. The normalized spacial score (nSPS) is 9.38. The third kappa shape index (κ3) is 3.49. The van der Waals surface area contributed by atoms with Gasteiger partial charge in [-0.3, -0.25) is 4.79 Å². The molecule has 0 saturated carbocycles. The lowest BCUT2D eigenvalue weighted by Gasteiger charge is -2.16. The number of carbonyl (C=O) groups is 1. The van der Waals surface area contributed by atoms with E-state index in [1.54, 1.807) is 47.7 Å². The van der Waals surface area contributed by atoms with E-state index in [0.29, 0.717) is 17.7 Å². The van der Waals surface area contributed by atoms with E-state index in [4.69, 9.17) is 11.0 Å². The number of nitriles is 1. The molecule has 0 radical (unpaired) electrons. The number of nitrogens with two attached hydrogens (primary N) is 1. The molecule has 1 aromatic carbocycles. The maximum absolute atomic E-state index is 12.4. The summed E-state index contributed by atoms with van der Waals surface area (Å²) in [6.45, 7) is 0.298. The van der Waals surface area contributed by atoms with E-state index < -0.39 is 0 Å². The highest BCUT2D eigenvalue weighted by Gasteiger charge is 2.14. The predicted molar refractivity (Wildman–Crippen MR) is 84.1 cm³/mol. The Morgan fingerprint density at radius 2 is 2.10 bits per heavy atom. The van der Waals surface area contributed by atoms with Crippen LogP contribution in [0.25, 0.3) is 0 Å². The van der Waals surface area contributed by atoms with Crippen LogP contribution in [-0.2, 0) is 0 Å². The molecule has 0 aliphatic rings. The first-order valence-corrected chi connectivity index (χ1v) is 7.09. The SMILES string of the molecule is CN(C(=O)c1csc(C#CCN)c1)c1ccc(C#N)cc1. The van der Waals surface area contributed by atoms with Crippen LogP contribution in [0.1, 0.15) is 20.8 Å². The molecular weight excluding hydrogens is 282 g/mol. The Labute approximate surface area is 127 Å². The number of amides is 1. The van der Waals surface area contributed by atoms with Gasteiger partial charge in [0.05, 0.1) is 28.6 Å². The monoisotopic (exact) mass is 295 g/mol. The number of benzene rings is 1. The van der Waals surface area contributed by atoms with Gasteiger partial charge in [-0.05, 0) is 30.3 Å². The van der Waals surface area contributed by atoms with E-state index in [-0.39, 0.29) is 5.91 Å². The first kappa shape index (κ1) is 14.8. The second kappa shape index (κ2) is 6.71. The first-order valence-electron chi connectivity index (χ1n) is 6.21. The van der Waals surface area contributed by atoms with Crippen molar-refractivity contribution in [1.29, 1.82) is 5.26 Å². The van der Waals surface area contributed by atoms with E-state index >= 15 is 0 Å². The molecule has 104 valence electrons. The van der Waals surface area contributed by atoms with Crippen molar-refractivity contribution in [3.63, 3.8) is 0 Å².